The van der Waals surface area contributed by atoms with Crippen LogP contribution in [0.1, 0.15) is 35.4 Å². The highest BCUT2D eigenvalue weighted by atomic mass is 16.5. The molecule has 0 aliphatic carbocycles. The third-order valence-electron chi connectivity index (χ3n) is 6.22. The summed E-state index contributed by atoms with van der Waals surface area (Å²) in [6.07, 6.45) is 7.73. The number of ether oxygens (including phenoxy) is 1. The summed E-state index contributed by atoms with van der Waals surface area (Å²) in [5.74, 6) is 6.46. The molecule has 0 bridgehead atoms. The first-order valence-corrected chi connectivity index (χ1v) is 10.7. The van der Waals surface area contributed by atoms with Crippen LogP contribution in [0.2, 0.25) is 0 Å². The molecule has 0 unspecified atom stereocenters. The lowest BCUT2D eigenvalue weighted by Crippen LogP contribution is -2.67. The molecule has 0 amide bonds. The van der Waals surface area contributed by atoms with Crippen LogP contribution in [0.3, 0.4) is 0 Å². The Balaban J connectivity index is 1.50. The minimum absolute atomic E-state index is 0.195. The van der Waals surface area contributed by atoms with Gasteiger partial charge in [0.15, 0.2) is 0 Å². The highest BCUT2D eigenvalue weighted by molar-refractivity contribution is 5.39. The maximum Gasteiger partial charge on any atom is 0.115 e. The summed E-state index contributed by atoms with van der Waals surface area (Å²) in [7, 11) is 1.65. The molecule has 2 aliphatic rings. The van der Waals surface area contributed by atoms with Crippen LogP contribution in [0.5, 0.6) is 0 Å². The molecule has 0 radical (unpaired) electrons. The first-order valence-electron chi connectivity index (χ1n) is 10.7. The van der Waals surface area contributed by atoms with Crippen LogP contribution in [-0.2, 0) is 11.3 Å². The van der Waals surface area contributed by atoms with Crippen LogP contribution in [0, 0.1) is 11.8 Å². The average molecular weight is 407 g/mol. The molecule has 1 N–H and O–H groups in total. The summed E-state index contributed by atoms with van der Waals surface area (Å²) in [5, 5.41) is 10.1. The predicted molar refractivity (Wildman–Crippen MR) is 116 cm³/mol. The van der Waals surface area contributed by atoms with Gasteiger partial charge in [-0.3, -0.25) is 9.80 Å². The van der Waals surface area contributed by atoms with E-state index in [2.05, 4.69) is 55.9 Å². The predicted octanol–water partition coefficient (Wildman–Crippen LogP) is 1.90. The molecule has 2 fully saturated rings. The van der Waals surface area contributed by atoms with Gasteiger partial charge >= 0.3 is 0 Å². The molecule has 3 atom stereocenters. The van der Waals surface area contributed by atoms with E-state index in [1.54, 1.807) is 13.4 Å². The third kappa shape index (κ3) is 4.71. The lowest BCUT2D eigenvalue weighted by atomic mass is 9.74. The minimum atomic E-state index is 0.195. The Labute approximate surface area is 178 Å². The summed E-state index contributed by atoms with van der Waals surface area (Å²) >= 11 is 0. The van der Waals surface area contributed by atoms with Gasteiger partial charge in [0, 0.05) is 61.7 Å². The van der Waals surface area contributed by atoms with Crippen molar-refractivity contribution in [2.24, 2.45) is 0 Å². The molecule has 2 aliphatic heterocycles. The normalized spacial score (nSPS) is 24.7. The van der Waals surface area contributed by atoms with Gasteiger partial charge in [-0.2, -0.15) is 0 Å². The highest BCUT2D eigenvalue weighted by Crippen LogP contribution is 2.42. The minimum Gasteiger partial charge on any atom is -0.395 e. The molecule has 6 heteroatoms. The van der Waals surface area contributed by atoms with Crippen molar-refractivity contribution in [1.82, 2.24) is 19.8 Å². The second-order valence-corrected chi connectivity index (χ2v) is 8.13. The van der Waals surface area contributed by atoms with E-state index in [9.17, 15) is 5.11 Å². The molecule has 6 nitrogen and oxygen atoms in total. The van der Waals surface area contributed by atoms with E-state index in [0.717, 1.165) is 43.7 Å². The number of hydrogen-bond donors (Lipinski definition) is 1. The van der Waals surface area contributed by atoms with E-state index < -0.39 is 0 Å². The smallest absolute Gasteiger partial charge is 0.115 e. The number of aromatic nitrogens is 2. The molecule has 30 heavy (non-hydrogen) atoms. The van der Waals surface area contributed by atoms with Crippen LogP contribution >= 0.6 is 0 Å². The van der Waals surface area contributed by atoms with Gasteiger partial charge < -0.3 is 9.84 Å². The molecule has 1 aromatic carbocycles. The summed E-state index contributed by atoms with van der Waals surface area (Å²) in [5.41, 5.74) is 3.44. The van der Waals surface area contributed by atoms with Gasteiger partial charge in [-0.05, 0) is 43.6 Å². The summed E-state index contributed by atoms with van der Waals surface area (Å²) in [6.45, 7) is 4.65. The Morgan fingerprint density at radius 3 is 2.63 bits per heavy atom. The monoisotopic (exact) mass is 406 g/mol. The second-order valence-electron chi connectivity index (χ2n) is 8.13. The number of methoxy groups -OCH3 is 1. The third-order valence-corrected chi connectivity index (χ3v) is 6.22. The number of fused-ring (bicyclic) bond motifs is 1. The zero-order chi connectivity index (χ0) is 20.8. The largest absolute Gasteiger partial charge is 0.395 e. The van der Waals surface area contributed by atoms with Crippen molar-refractivity contribution in [2.45, 2.75) is 37.4 Å². The number of hydrogen-bond acceptors (Lipinski definition) is 6. The zero-order valence-electron chi connectivity index (χ0n) is 17.6. The van der Waals surface area contributed by atoms with Gasteiger partial charge in [0.1, 0.15) is 12.9 Å². The van der Waals surface area contributed by atoms with Crippen molar-refractivity contribution in [2.75, 3.05) is 40.0 Å². The Morgan fingerprint density at radius 2 is 1.90 bits per heavy atom. The molecule has 4 rings (SSSR count). The van der Waals surface area contributed by atoms with Crippen molar-refractivity contribution in [3.05, 3.63) is 59.7 Å². The maximum atomic E-state index is 10.1. The summed E-state index contributed by atoms with van der Waals surface area (Å²) in [4.78, 5) is 13.3. The fourth-order valence-electron chi connectivity index (χ4n) is 4.82. The van der Waals surface area contributed by atoms with Crippen molar-refractivity contribution in [1.29, 1.82) is 0 Å². The van der Waals surface area contributed by atoms with E-state index in [4.69, 9.17) is 4.74 Å². The fraction of sp³-hybridized carbons (Fsp3) is 0.500. The van der Waals surface area contributed by atoms with Gasteiger partial charge in [-0.15, -0.1) is 0 Å². The first kappa shape index (κ1) is 21.0. The SMILES string of the molecule is COCC#Cc1ccc([C@@H]2[C@H](CO)N3CCCCN(Cc4cncnc4)C[C@@H]23)cc1. The van der Waals surface area contributed by atoms with Gasteiger partial charge in [-0.1, -0.05) is 24.0 Å². The Bertz CT molecular complexity index is 862. The molecule has 0 spiro atoms. The Hall–Kier alpha value is -2.30. The van der Waals surface area contributed by atoms with Crippen molar-refractivity contribution in [3.8, 4) is 11.8 Å². The maximum absolute atomic E-state index is 10.1. The number of aliphatic hydroxyl groups is 1. The summed E-state index contributed by atoms with van der Waals surface area (Å²) < 4.78 is 5.00. The van der Waals surface area contributed by atoms with Crippen molar-refractivity contribution in [3.63, 3.8) is 0 Å². The van der Waals surface area contributed by atoms with Crippen molar-refractivity contribution >= 4 is 0 Å². The average Bonchev–Trinajstić information content (AvgIpc) is 2.76. The van der Waals surface area contributed by atoms with Gasteiger partial charge in [0.25, 0.3) is 0 Å². The molecule has 1 aromatic heterocycles. The molecular formula is C24H30N4O2. The number of nitrogens with zero attached hydrogens (tertiary/aromatic N) is 4. The lowest BCUT2D eigenvalue weighted by molar-refractivity contribution is -0.0655. The molecule has 2 saturated heterocycles. The highest BCUT2D eigenvalue weighted by Gasteiger charge is 2.48. The van der Waals surface area contributed by atoms with Crippen molar-refractivity contribution < 1.29 is 9.84 Å². The van der Waals surface area contributed by atoms with Crippen LogP contribution in [0.15, 0.2) is 43.0 Å². The molecule has 2 aromatic rings. The van der Waals surface area contributed by atoms with Crippen LogP contribution in [0.25, 0.3) is 0 Å². The van der Waals surface area contributed by atoms with E-state index in [1.807, 2.05) is 12.4 Å². The fourth-order valence-corrected chi connectivity index (χ4v) is 4.82. The molecule has 0 saturated carbocycles. The van der Waals surface area contributed by atoms with Crippen LogP contribution in [-0.4, -0.2) is 76.9 Å². The van der Waals surface area contributed by atoms with E-state index in [1.165, 1.54) is 12.0 Å². The van der Waals surface area contributed by atoms with E-state index in [-0.39, 0.29) is 12.6 Å². The van der Waals surface area contributed by atoms with Gasteiger partial charge in [-0.25, -0.2) is 9.97 Å². The number of benzene rings is 1. The Morgan fingerprint density at radius 1 is 1.13 bits per heavy atom. The second kappa shape index (κ2) is 10.1. The zero-order valence-corrected chi connectivity index (χ0v) is 17.6. The van der Waals surface area contributed by atoms with Gasteiger partial charge in [0.05, 0.1) is 6.61 Å². The first-order chi connectivity index (χ1) is 14.8. The van der Waals surface area contributed by atoms with Crippen LogP contribution in [0.4, 0.5) is 0 Å². The lowest BCUT2D eigenvalue weighted by Gasteiger charge is -2.57. The molecular weight excluding hydrogens is 376 g/mol. The standard InChI is InChI=1S/C24H30N4O2/c1-30-12-4-5-19-6-8-21(9-7-19)24-22-16-27(15-20-13-25-18-26-14-20)10-2-3-11-28(22)23(24)17-29/h6-9,13-14,18,22-24,29H,2-3,10-12,15-17H2,1H3/t22-,23-,24-/m0/s1. The van der Waals surface area contributed by atoms with E-state index in [0.29, 0.717) is 18.6 Å². The molecule has 158 valence electrons. The summed E-state index contributed by atoms with van der Waals surface area (Å²) in [6, 6.07) is 9.12. The molecule has 3 heterocycles. The van der Waals surface area contributed by atoms with E-state index >= 15 is 0 Å². The quantitative estimate of drug-likeness (QED) is 0.766. The topological polar surface area (TPSA) is 61.7 Å². The van der Waals surface area contributed by atoms with Crippen LogP contribution < -0.4 is 0 Å². The number of aliphatic hydroxyl groups excluding tert-OH is 1. The van der Waals surface area contributed by atoms with Gasteiger partial charge in [0.2, 0.25) is 0 Å². The number of rotatable bonds is 5. The Kier molecular flexibility index (Phi) is 7.08.